The molecule has 1 amide bonds. The molecule has 0 aromatic carbocycles. The van der Waals surface area contributed by atoms with E-state index in [2.05, 4.69) is 15.6 Å². The Morgan fingerprint density at radius 2 is 2.24 bits per heavy atom. The summed E-state index contributed by atoms with van der Waals surface area (Å²) in [5.41, 5.74) is 0.588. The highest BCUT2D eigenvalue weighted by atomic mass is 16.5. The summed E-state index contributed by atoms with van der Waals surface area (Å²) in [5, 5.41) is 5.87. The van der Waals surface area contributed by atoms with Gasteiger partial charge in [-0.05, 0) is 25.0 Å². The predicted octanol–water partition coefficient (Wildman–Crippen LogP) is 1.03. The second-order valence-corrected chi connectivity index (χ2v) is 4.18. The van der Waals surface area contributed by atoms with E-state index < -0.39 is 0 Å². The Balaban J connectivity index is 1.87. The summed E-state index contributed by atoms with van der Waals surface area (Å²) >= 11 is 0. The first-order chi connectivity index (χ1) is 8.22. The number of anilines is 1. The van der Waals surface area contributed by atoms with Crippen LogP contribution in [0.4, 0.5) is 5.82 Å². The molecule has 5 heteroatoms. The number of hydrogen-bond acceptors (Lipinski definition) is 4. The largest absolute Gasteiger partial charge is 0.381 e. The number of ether oxygens (including phenoxy) is 1. The highest BCUT2D eigenvalue weighted by Gasteiger charge is 2.30. The fourth-order valence-electron chi connectivity index (χ4n) is 1.82. The monoisotopic (exact) mass is 235 g/mol. The molecule has 2 N–H and O–H groups in total. The molecule has 0 bridgehead atoms. The van der Waals surface area contributed by atoms with Crippen molar-refractivity contribution in [1.82, 2.24) is 10.3 Å². The van der Waals surface area contributed by atoms with Gasteiger partial charge in [0.15, 0.2) is 0 Å². The SMILES string of the molecule is CNc1ccc(C(=O)NC2CC(OC)C2)cn1. The van der Waals surface area contributed by atoms with E-state index in [4.69, 9.17) is 4.74 Å². The zero-order chi connectivity index (χ0) is 12.3. The maximum Gasteiger partial charge on any atom is 0.253 e. The van der Waals surface area contributed by atoms with E-state index in [1.807, 2.05) is 0 Å². The van der Waals surface area contributed by atoms with E-state index in [1.54, 1.807) is 32.5 Å². The van der Waals surface area contributed by atoms with Crippen molar-refractivity contribution in [2.75, 3.05) is 19.5 Å². The van der Waals surface area contributed by atoms with Gasteiger partial charge in [-0.25, -0.2) is 4.98 Å². The van der Waals surface area contributed by atoms with Gasteiger partial charge in [-0.2, -0.15) is 0 Å². The third-order valence-electron chi connectivity index (χ3n) is 3.05. The van der Waals surface area contributed by atoms with Gasteiger partial charge in [-0.15, -0.1) is 0 Å². The number of methoxy groups -OCH3 is 1. The fourth-order valence-corrected chi connectivity index (χ4v) is 1.82. The molecule has 1 aliphatic rings. The minimum Gasteiger partial charge on any atom is -0.381 e. The van der Waals surface area contributed by atoms with Crippen LogP contribution in [0.15, 0.2) is 18.3 Å². The lowest BCUT2D eigenvalue weighted by atomic mass is 9.89. The number of pyridine rings is 1. The fraction of sp³-hybridized carbons (Fsp3) is 0.500. The minimum absolute atomic E-state index is 0.0697. The van der Waals surface area contributed by atoms with Crippen LogP contribution in [0, 0.1) is 0 Å². The van der Waals surface area contributed by atoms with Crippen LogP contribution in [0.25, 0.3) is 0 Å². The van der Waals surface area contributed by atoms with Crippen LogP contribution in [0.1, 0.15) is 23.2 Å². The Kier molecular flexibility index (Phi) is 3.58. The minimum atomic E-state index is -0.0697. The second kappa shape index (κ2) is 5.14. The summed E-state index contributed by atoms with van der Waals surface area (Å²) in [6.07, 6.45) is 3.66. The number of carbonyl (C=O) groups excluding carboxylic acids is 1. The molecule has 0 radical (unpaired) electrons. The molecule has 0 aliphatic heterocycles. The molecule has 1 saturated carbocycles. The van der Waals surface area contributed by atoms with Crippen molar-refractivity contribution in [1.29, 1.82) is 0 Å². The van der Waals surface area contributed by atoms with E-state index in [9.17, 15) is 4.79 Å². The van der Waals surface area contributed by atoms with Crippen molar-refractivity contribution in [3.63, 3.8) is 0 Å². The van der Waals surface area contributed by atoms with Crippen LogP contribution in [-0.4, -0.2) is 37.2 Å². The van der Waals surface area contributed by atoms with Gasteiger partial charge in [0, 0.05) is 26.4 Å². The molecule has 17 heavy (non-hydrogen) atoms. The van der Waals surface area contributed by atoms with Gasteiger partial charge in [0.25, 0.3) is 5.91 Å². The quantitative estimate of drug-likeness (QED) is 0.818. The van der Waals surface area contributed by atoms with Crippen molar-refractivity contribution in [2.45, 2.75) is 25.0 Å². The van der Waals surface area contributed by atoms with Gasteiger partial charge in [-0.1, -0.05) is 0 Å². The topological polar surface area (TPSA) is 63.2 Å². The molecule has 1 aromatic rings. The number of nitrogens with zero attached hydrogens (tertiary/aromatic N) is 1. The third kappa shape index (κ3) is 2.74. The Hall–Kier alpha value is -1.62. The van der Waals surface area contributed by atoms with Crippen LogP contribution < -0.4 is 10.6 Å². The van der Waals surface area contributed by atoms with Crippen LogP contribution in [0.3, 0.4) is 0 Å². The van der Waals surface area contributed by atoms with Gasteiger partial charge in [-0.3, -0.25) is 4.79 Å². The van der Waals surface area contributed by atoms with E-state index in [1.165, 1.54) is 0 Å². The summed E-state index contributed by atoms with van der Waals surface area (Å²) < 4.78 is 5.16. The van der Waals surface area contributed by atoms with Crippen LogP contribution >= 0.6 is 0 Å². The number of carbonyl (C=O) groups is 1. The number of nitrogens with one attached hydrogen (secondary N) is 2. The number of rotatable bonds is 4. The molecule has 2 rings (SSSR count). The van der Waals surface area contributed by atoms with E-state index in [0.717, 1.165) is 18.7 Å². The lowest BCUT2D eigenvalue weighted by molar-refractivity contribution is 0.0176. The first-order valence-electron chi connectivity index (χ1n) is 5.70. The van der Waals surface area contributed by atoms with Gasteiger partial charge in [0.2, 0.25) is 0 Å². The van der Waals surface area contributed by atoms with Gasteiger partial charge >= 0.3 is 0 Å². The van der Waals surface area contributed by atoms with Crippen LogP contribution in [0.5, 0.6) is 0 Å². The first kappa shape index (κ1) is 11.9. The van der Waals surface area contributed by atoms with Crippen molar-refractivity contribution in [3.05, 3.63) is 23.9 Å². The first-order valence-corrected chi connectivity index (χ1v) is 5.70. The number of aromatic nitrogens is 1. The zero-order valence-electron chi connectivity index (χ0n) is 10.1. The number of hydrogen-bond donors (Lipinski definition) is 2. The molecular weight excluding hydrogens is 218 g/mol. The lowest BCUT2D eigenvalue weighted by Crippen LogP contribution is -2.47. The smallest absolute Gasteiger partial charge is 0.253 e. The van der Waals surface area contributed by atoms with Crippen LogP contribution in [0.2, 0.25) is 0 Å². The normalized spacial score (nSPS) is 22.7. The Morgan fingerprint density at radius 3 is 2.76 bits per heavy atom. The highest BCUT2D eigenvalue weighted by Crippen LogP contribution is 2.22. The standard InChI is InChI=1S/C12H17N3O2/c1-13-11-4-3-8(7-14-11)12(16)15-9-5-10(6-9)17-2/h3-4,7,9-10H,5-6H2,1-2H3,(H,13,14)(H,15,16). The summed E-state index contributed by atoms with van der Waals surface area (Å²) in [6, 6.07) is 3.78. The zero-order valence-corrected chi connectivity index (χ0v) is 10.1. The number of amides is 1. The van der Waals surface area contributed by atoms with Gasteiger partial charge in [0.05, 0.1) is 11.7 Å². The van der Waals surface area contributed by atoms with Crippen LogP contribution in [-0.2, 0) is 4.74 Å². The maximum absolute atomic E-state index is 11.8. The van der Waals surface area contributed by atoms with Gasteiger partial charge < -0.3 is 15.4 Å². The molecule has 1 aliphatic carbocycles. The van der Waals surface area contributed by atoms with Crippen molar-refractivity contribution >= 4 is 11.7 Å². The molecule has 1 aromatic heterocycles. The van der Waals surface area contributed by atoms with Gasteiger partial charge in [0.1, 0.15) is 5.82 Å². The van der Waals surface area contributed by atoms with Crippen molar-refractivity contribution in [2.24, 2.45) is 0 Å². The molecule has 1 fully saturated rings. The average Bonchev–Trinajstić information content (AvgIpc) is 2.33. The Labute approximate surface area is 101 Å². The second-order valence-electron chi connectivity index (χ2n) is 4.18. The lowest BCUT2D eigenvalue weighted by Gasteiger charge is -2.34. The summed E-state index contributed by atoms with van der Waals surface area (Å²) in [7, 11) is 3.49. The Morgan fingerprint density at radius 1 is 1.47 bits per heavy atom. The summed E-state index contributed by atoms with van der Waals surface area (Å²) in [4.78, 5) is 15.9. The average molecular weight is 235 g/mol. The maximum atomic E-state index is 11.8. The molecule has 0 atom stereocenters. The molecule has 0 unspecified atom stereocenters. The van der Waals surface area contributed by atoms with Crippen molar-refractivity contribution in [3.8, 4) is 0 Å². The van der Waals surface area contributed by atoms with E-state index in [0.29, 0.717) is 11.7 Å². The van der Waals surface area contributed by atoms with Crippen molar-refractivity contribution < 1.29 is 9.53 Å². The molecule has 5 nitrogen and oxygen atoms in total. The van der Waals surface area contributed by atoms with E-state index in [-0.39, 0.29) is 11.9 Å². The Bertz CT molecular complexity index is 385. The summed E-state index contributed by atoms with van der Waals surface area (Å²) in [6.45, 7) is 0. The predicted molar refractivity (Wildman–Crippen MR) is 65.1 cm³/mol. The molecule has 0 saturated heterocycles. The molecular formula is C12H17N3O2. The highest BCUT2D eigenvalue weighted by molar-refractivity contribution is 5.94. The summed E-state index contributed by atoms with van der Waals surface area (Å²) in [5.74, 6) is 0.685. The molecule has 1 heterocycles. The molecule has 92 valence electrons. The van der Waals surface area contributed by atoms with E-state index >= 15 is 0 Å². The molecule has 0 spiro atoms. The third-order valence-corrected chi connectivity index (χ3v) is 3.05.